The van der Waals surface area contributed by atoms with Gasteiger partial charge in [0.15, 0.2) is 0 Å². The lowest BCUT2D eigenvalue weighted by Crippen LogP contribution is -1.77. The van der Waals surface area contributed by atoms with Gasteiger partial charge in [-0.25, -0.2) is 0 Å². The fourth-order valence-corrected chi connectivity index (χ4v) is 1.72. The molecular weight excluding hydrogens is 180 g/mol. The van der Waals surface area contributed by atoms with Crippen molar-refractivity contribution in [3.05, 3.63) is 19.1 Å². The van der Waals surface area contributed by atoms with Gasteiger partial charge in [-0.1, -0.05) is 70.9 Å². The molecule has 0 aromatic heterocycles. The maximum atomic E-state index is 3.85. The predicted molar refractivity (Wildman–Crippen MR) is 71.0 cm³/mol. The van der Waals surface area contributed by atoms with E-state index in [0.717, 1.165) is 6.42 Å². The van der Waals surface area contributed by atoms with E-state index in [1.807, 2.05) is 0 Å². The van der Waals surface area contributed by atoms with Crippen molar-refractivity contribution >= 4 is 0 Å². The molecule has 0 fully saturated rings. The second-order valence-corrected chi connectivity index (χ2v) is 4.38. The first-order chi connectivity index (χ1) is 7.41. The molecule has 89 valence electrons. The molecule has 15 heavy (non-hydrogen) atoms. The van der Waals surface area contributed by atoms with Crippen LogP contribution in [0.15, 0.2) is 12.2 Å². The van der Waals surface area contributed by atoms with Crippen LogP contribution in [0.1, 0.15) is 77.6 Å². The van der Waals surface area contributed by atoms with E-state index in [-0.39, 0.29) is 0 Å². The molecule has 0 aliphatic rings. The highest BCUT2D eigenvalue weighted by molar-refractivity contribution is 4.81. The first-order valence-electron chi connectivity index (χ1n) is 6.86. The van der Waals surface area contributed by atoms with Gasteiger partial charge in [0.1, 0.15) is 0 Å². The average Bonchev–Trinajstić information content (AvgIpc) is 2.26. The van der Waals surface area contributed by atoms with Crippen LogP contribution in [0.2, 0.25) is 0 Å². The van der Waals surface area contributed by atoms with Gasteiger partial charge in [-0.2, -0.15) is 0 Å². The lowest BCUT2D eigenvalue weighted by atomic mass is 10.1. The number of unbranched alkanes of at least 4 members (excludes halogenated alkanes) is 9. The Morgan fingerprint density at radius 1 is 0.733 bits per heavy atom. The van der Waals surface area contributed by atoms with Gasteiger partial charge in [0.2, 0.25) is 0 Å². The van der Waals surface area contributed by atoms with Crippen LogP contribution in [0, 0.1) is 6.92 Å². The van der Waals surface area contributed by atoms with Crippen LogP contribution in [0.5, 0.6) is 0 Å². The summed E-state index contributed by atoms with van der Waals surface area (Å²) in [6.45, 7) is 6.12. The molecule has 0 N–H and O–H groups in total. The maximum absolute atomic E-state index is 3.85. The van der Waals surface area contributed by atoms with Crippen LogP contribution in [0.4, 0.5) is 0 Å². The van der Waals surface area contributed by atoms with Gasteiger partial charge in [-0.3, -0.25) is 0 Å². The number of hydrogen-bond acceptors (Lipinski definition) is 0. The molecule has 0 heteroatoms. The van der Waals surface area contributed by atoms with Crippen molar-refractivity contribution in [2.45, 2.75) is 77.6 Å². The van der Waals surface area contributed by atoms with E-state index in [1.54, 1.807) is 0 Å². The summed E-state index contributed by atoms with van der Waals surface area (Å²) in [5, 5.41) is 0. The molecule has 0 unspecified atom stereocenters. The van der Waals surface area contributed by atoms with Gasteiger partial charge in [0.25, 0.3) is 0 Å². The zero-order chi connectivity index (χ0) is 11.2. The quantitative estimate of drug-likeness (QED) is 0.303. The van der Waals surface area contributed by atoms with Gasteiger partial charge in [-0.05, 0) is 25.7 Å². The number of rotatable bonds is 11. The Balaban J connectivity index is 2.97. The summed E-state index contributed by atoms with van der Waals surface area (Å²) in [6.07, 6.45) is 19.4. The van der Waals surface area contributed by atoms with Gasteiger partial charge >= 0.3 is 0 Å². The Bertz CT molecular complexity index is 124. The lowest BCUT2D eigenvalue weighted by Gasteiger charge is -1.96. The van der Waals surface area contributed by atoms with E-state index >= 15 is 0 Å². The highest BCUT2D eigenvalue weighted by Gasteiger charge is 1.87. The second-order valence-electron chi connectivity index (χ2n) is 4.38. The van der Waals surface area contributed by atoms with Crippen LogP contribution in [0.3, 0.4) is 0 Å². The Morgan fingerprint density at radius 2 is 1.27 bits per heavy atom. The highest BCUT2D eigenvalue weighted by Crippen LogP contribution is 2.07. The molecule has 0 saturated carbocycles. The van der Waals surface area contributed by atoms with E-state index in [9.17, 15) is 0 Å². The van der Waals surface area contributed by atoms with Crippen molar-refractivity contribution in [2.75, 3.05) is 0 Å². The van der Waals surface area contributed by atoms with E-state index in [0.29, 0.717) is 0 Å². The molecule has 0 atom stereocenters. The molecule has 1 radical (unpaired) electrons. The first-order valence-corrected chi connectivity index (χ1v) is 6.86. The molecule has 0 bridgehead atoms. The molecule has 0 aromatic carbocycles. The highest BCUT2D eigenvalue weighted by atomic mass is 13.9. The zero-order valence-electron chi connectivity index (χ0n) is 10.6. The van der Waals surface area contributed by atoms with Gasteiger partial charge in [-0.15, -0.1) is 0 Å². The van der Waals surface area contributed by atoms with Crippen LogP contribution in [0.25, 0.3) is 0 Å². The Hall–Kier alpha value is -0.260. The minimum absolute atomic E-state index is 1.10. The monoisotopic (exact) mass is 209 g/mol. The molecule has 0 heterocycles. The first kappa shape index (κ1) is 14.7. The third-order valence-corrected chi connectivity index (χ3v) is 2.76. The van der Waals surface area contributed by atoms with Crippen molar-refractivity contribution in [2.24, 2.45) is 0 Å². The Morgan fingerprint density at radius 3 is 1.80 bits per heavy atom. The summed E-state index contributed by atoms with van der Waals surface area (Å²) in [4.78, 5) is 0. The SMILES string of the molecule is [CH2]CCCCC/C=C\CCCCCCC. The van der Waals surface area contributed by atoms with Gasteiger partial charge < -0.3 is 0 Å². The molecular formula is C15H29. The lowest BCUT2D eigenvalue weighted by molar-refractivity contribution is 0.636. The van der Waals surface area contributed by atoms with E-state index < -0.39 is 0 Å². The molecule has 0 rings (SSSR count). The largest absolute Gasteiger partial charge is 0.0885 e. The molecule has 0 spiro atoms. The average molecular weight is 209 g/mol. The van der Waals surface area contributed by atoms with E-state index in [2.05, 4.69) is 26.0 Å². The normalized spacial score (nSPS) is 11.3. The molecule has 0 aromatic rings. The van der Waals surface area contributed by atoms with Crippen molar-refractivity contribution in [3.8, 4) is 0 Å². The van der Waals surface area contributed by atoms with Crippen molar-refractivity contribution in [3.63, 3.8) is 0 Å². The van der Waals surface area contributed by atoms with Crippen LogP contribution in [-0.2, 0) is 0 Å². The second kappa shape index (κ2) is 13.7. The predicted octanol–water partition coefficient (Wildman–Crippen LogP) is 5.69. The summed E-state index contributed by atoms with van der Waals surface area (Å²) in [7, 11) is 0. The minimum atomic E-state index is 1.10. The Labute approximate surface area is 97.2 Å². The maximum Gasteiger partial charge on any atom is -0.0351 e. The standard InChI is InChI=1S/C15H29/c1-3-5-7-9-11-13-15-14-12-10-8-6-4-2/h13,15H,1,3-12,14H2,2H3/b15-13-. The fraction of sp³-hybridized carbons (Fsp3) is 0.800. The van der Waals surface area contributed by atoms with E-state index in [1.165, 1.54) is 64.2 Å². The smallest absolute Gasteiger partial charge is 0.0351 e. The van der Waals surface area contributed by atoms with Crippen LogP contribution in [-0.4, -0.2) is 0 Å². The number of hydrogen-bond donors (Lipinski definition) is 0. The van der Waals surface area contributed by atoms with Crippen LogP contribution >= 0.6 is 0 Å². The summed E-state index contributed by atoms with van der Waals surface area (Å²) < 4.78 is 0. The van der Waals surface area contributed by atoms with E-state index in [4.69, 9.17) is 0 Å². The molecule has 0 aliphatic carbocycles. The third kappa shape index (κ3) is 13.7. The summed E-state index contributed by atoms with van der Waals surface area (Å²) in [5.74, 6) is 0. The molecule has 0 saturated heterocycles. The Kier molecular flexibility index (Phi) is 13.5. The molecule has 0 amide bonds. The van der Waals surface area contributed by atoms with Gasteiger partial charge in [0.05, 0.1) is 0 Å². The fourth-order valence-electron chi connectivity index (χ4n) is 1.72. The van der Waals surface area contributed by atoms with Crippen molar-refractivity contribution < 1.29 is 0 Å². The van der Waals surface area contributed by atoms with Crippen molar-refractivity contribution in [1.29, 1.82) is 0 Å². The van der Waals surface area contributed by atoms with Crippen molar-refractivity contribution in [1.82, 2.24) is 0 Å². The summed E-state index contributed by atoms with van der Waals surface area (Å²) in [5.41, 5.74) is 0. The molecule has 0 aliphatic heterocycles. The summed E-state index contributed by atoms with van der Waals surface area (Å²) >= 11 is 0. The zero-order valence-corrected chi connectivity index (χ0v) is 10.6. The van der Waals surface area contributed by atoms with Gasteiger partial charge in [0, 0.05) is 0 Å². The number of allylic oxidation sites excluding steroid dienone is 2. The van der Waals surface area contributed by atoms with Crippen LogP contribution < -0.4 is 0 Å². The molecule has 0 nitrogen and oxygen atoms in total. The minimum Gasteiger partial charge on any atom is -0.0885 e. The topological polar surface area (TPSA) is 0 Å². The summed E-state index contributed by atoms with van der Waals surface area (Å²) in [6, 6.07) is 0. The third-order valence-electron chi connectivity index (χ3n) is 2.76.